The number of rotatable bonds is 5. The van der Waals surface area contributed by atoms with Crippen molar-refractivity contribution in [1.29, 1.82) is 0 Å². The maximum absolute atomic E-state index is 12.3. The van der Waals surface area contributed by atoms with Crippen molar-refractivity contribution in [1.82, 2.24) is 34.5 Å². The van der Waals surface area contributed by atoms with E-state index in [1.54, 1.807) is 19.7 Å². The van der Waals surface area contributed by atoms with Crippen LogP contribution in [0.3, 0.4) is 0 Å². The molecule has 0 saturated heterocycles. The second-order valence-corrected chi connectivity index (χ2v) is 14.8. The van der Waals surface area contributed by atoms with E-state index in [0.29, 0.717) is 5.95 Å². The summed E-state index contributed by atoms with van der Waals surface area (Å²) >= 11 is 1.51. The number of nitrogens with zero attached hydrogens (tertiary/aromatic N) is 7. The fourth-order valence-corrected chi connectivity index (χ4v) is 5.29. The summed E-state index contributed by atoms with van der Waals surface area (Å²) in [5.74, 6) is 2.08. The fraction of sp³-hybridized carbons (Fsp3) is 0.435. The van der Waals surface area contributed by atoms with Gasteiger partial charge < -0.3 is 14.4 Å². The molecule has 0 spiro atoms. The summed E-state index contributed by atoms with van der Waals surface area (Å²) in [5, 5.41) is 22.3. The largest absolute Gasteiger partial charge is 0.324 e. The quantitative estimate of drug-likeness (QED) is 0.379. The van der Waals surface area contributed by atoms with Gasteiger partial charge in [0, 0.05) is 28.3 Å². The summed E-state index contributed by atoms with van der Waals surface area (Å²) in [5.41, 5.74) is 0.399. The summed E-state index contributed by atoms with van der Waals surface area (Å²) in [7, 11) is -2.30. The molecule has 0 bridgehead atoms. The van der Waals surface area contributed by atoms with Gasteiger partial charge in [0.2, 0.25) is 5.95 Å². The average molecular weight is 499 g/mol. The molecule has 0 atom stereocenters. The van der Waals surface area contributed by atoms with Crippen LogP contribution in [0.1, 0.15) is 41.5 Å². The van der Waals surface area contributed by atoms with Crippen LogP contribution in [-0.4, -0.2) is 47.8 Å². The van der Waals surface area contributed by atoms with E-state index in [1.165, 1.54) is 11.3 Å². The van der Waals surface area contributed by atoms with Gasteiger partial charge in [0.05, 0.1) is 4.88 Å². The Labute approximate surface area is 204 Å². The lowest BCUT2D eigenvalue weighted by atomic mass is 10.1. The molecule has 3 heterocycles. The van der Waals surface area contributed by atoms with E-state index in [9.17, 15) is 4.57 Å². The average Bonchev–Trinajstić information content (AvgIpc) is 3.45. The predicted octanol–water partition coefficient (Wildman–Crippen LogP) is 5.16. The lowest BCUT2D eigenvalue weighted by molar-refractivity contribution is 0.399. The van der Waals surface area contributed by atoms with Gasteiger partial charge >= 0.3 is 0 Å². The predicted molar refractivity (Wildman–Crippen MR) is 139 cm³/mol. The van der Waals surface area contributed by atoms with Gasteiger partial charge in [-0.15, -0.1) is 31.7 Å². The Balaban J connectivity index is 1.70. The number of aromatic nitrogens is 7. The zero-order valence-electron chi connectivity index (χ0n) is 20.9. The summed E-state index contributed by atoms with van der Waals surface area (Å²) in [6, 6.07) is 7.62. The third kappa shape index (κ3) is 4.83. The van der Waals surface area contributed by atoms with Gasteiger partial charge in [0.25, 0.3) is 0 Å². The monoisotopic (exact) mass is 498 g/mol. The summed E-state index contributed by atoms with van der Waals surface area (Å²) < 4.78 is 16.4. The Kier molecular flexibility index (Phi) is 6.02. The first kappa shape index (κ1) is 24.3. The van der Waals surface area contributed by atoms with Crippen LogP contribution in [0.25, 0.3) is 21.5 Å². The molecule has 4 aromatic rings. The van der Waals surface area contributed by atoms with Gasteiger partial charge in [-0.2, -0.15) is 0 Å². The van der Waals surface area contributed by atoms with Gasteiger partial charge in [-0.25, -0.2) is 4.98 Å². The Morgan fingerprint density at radius 1 is 0.912 bits per heavy atom. The molecule has 0 aliphatic heterocycles. The lowest BCUT2D eigenvalue weighted by Crippen LogP contribution is -2.24. The molecular weight excluding hydrogens is 467 g/mol. The maximum atomic E-state index is 12.3. The van der Waals surface area contributed by atoms with Crippen LogP contribution >= 0.6 is 18.5 Å². The molecular formula is C23H31N8OPS. The van der Waals surface area contributed by atoms with Crippen molar-refractivity contribution >= 4 is 35.4 Å². The Morgan fingerprint density at radius 3 is 2.18 bits per heavy atom. The Hall–Kier alpha value is -2.84. The van der Waals surface area contributed by atoms with Crippen LogP contribution < -0.4 is 10.6 Å². The molecule has 0 radical (unpaired) electrons. The number of anilines is 2. The molecule has 3 aromatic heterocycles. The van der Waals surface area contributed by atoms with E-state index in [1.807, 2.05) is 35.0 Å². The third-order valence-electron chi connectivity index (χ3n) is 5.27. The minimum absolute atomic E-state index is 0.161. The smallest absolute Gasteiger partial charge is 0.229 e. The normalized spacial score (nSPS) is 12.8. The molecule has 0 aliphatic carbocycles. The van der Waals surface area contributed by atoms with Crippen molar-refractivity contribution in [2.45, 2.75) is 52.6 Å². The van der Waals surface area contributed by atoms with Crippen molar-refractivity contribution in [3.05, 3.63) is 36.8 Å². The second-order valence-electron chi connectivity index (χ2n) is 10.6. The molecule has 1 aromatic carbocycles. The van der Waals surface area contributed by atoms with Gasteiger partial charge in [-0.05, 0) is 79.1 Å². The zero-order valence-corrected chi connectivity index (χ0v) is 22.6. The van der Waals surface area contributed by atoms with Crippen molar-refractivity contribution in [3.8, 4) is 21.5 Å². The number of hydrogen-bond donors (Lipinski definition) is 1. The standard InChI is InChI=1S/C23H31N8OPS/c1-22(2,3)30-14-25-27-19(30)20-24-13-17(34-20)18-28-29-21(31(18)23(4,5)6)26-15-9-11-16(12-10-15)33(7,8)32/h9-14H,1-8H3,(H,26,29). The number of nitrogens with one attached hydrogen (secondary N) is 1. The first-order valence-corrected chi connectivity index (χ1v) is 14.4. The molecule has 180 valence electrons. The minimum atomic E-state index is -2.30. The van der Waals surface area contributed by atoms with Crippen LogP contribution in [0.5, 0.6) is 0 Å². The van der Waals surface area contributed by atoms with Crippen molar-refractivity contribution in [3.63, 3.8) is 0 Å². The highest BCUT2D eigenvalue weighted by Gasteiger charge is 2.27. The van der Waals surface area contributed by atoms with Crippen LogP contribution in [0.15, 0.2) is 36.8 Å². The first-order valence-electron chi connectivity index (χ1n) is 11.0. The lowest BCUT2D eigenvalue weighted by Gasteiger charge is -2.24. The van der Waals surface area contributed by atoms with Crippen LogP contribution in [0.4, 0.5) is 11.6 Å². The van der Waals surface area contributed by atoms with Gasteiger partial charge in [-0.3, -0.25) is 4.57 Å². The number of thiazole rings is 1. The van der Waals surface area contributed by atoms with E-state index in [0.717, 1.165) is 32.5 Å². The van der Waals surface area contributed by atoms with Crippen molar-refractivity contribution < 1.29 is 4.57 Å². The molecule has 1 N–H and O–H groups in total. The summed E-state index contributed by atoms with van der Waals surface area (Å²) in [4.78, 5) is 5.52. The molecule has 0 amide bonds. The van der Waals surface area contributed by atoms with Gasteiger partial charge in [0.1, 0.15) is 13.5 Å². The fourth-order valence-electron chi connectivity index (χ4n) is 3.55. The molecule has 11 heteroatoms. The van der Waals surface area contributed by atoms with Crippen LogP contribution in [0.2, 0.25) is 0 Å². The molecule has 9 nitrogen and oxygen atoms in total. The van der Waals surface area contributed by atoms with Gasteiger partial charge in [0.15, 0.2) is 16.7 Å². The minimum Gasteiger partial charge on any atom is -0.324 e. The van der Waals surface area contributed by atoms with E-state index in [-0.39, 0.29) is 11.1 Å². The summed E-state index contributed by atoms with van der Waals surface area (Å²) in [6.45, 7) is 16.2. The van der Waals surface area contributed by atoms with Crippen LogP contribution in [0, 0.1) is 0 Å². The Bertz CT molecular complexity index is 1350. The first-order chi connectivity index (χ1) is 15.7. The van der Waals surface area contributed by atoms with Crippen molar-refractivity contribution in [2.24, 2.45) is 0 Å². The molecule has 4 rings (SSSR count). The summed E-state index contributed by atoms with van der Waals surface area (Å²) in [6.07, 6.45) is 3.55. The topological polar surface area (TPSA) is 103 Å². The molecule has 0 unspecified atom stereocenters. The molecule has 34 heavy (non-hydrogen) atoms. The third-order valence-corrected chi connectivity index (χ3v) is 7.80. The Morgan fingerprint density at radius 2 is 1.59 bits per heavy atom. The highest BCUT2D eigenvalue weighted by Crippen LogP contribution is 2.37. The number of hydrogen-bond acceptors (Lipinski definition) is 8. The van der Waals surface area contributed by atoms with E-state index in [2.05, 4.69) is 76.8 Å². The van der Waals surface area contributed by atoms with Crippen molar-refractivity contribution in [2.75, 3.05) is 18.6 Å². The van der Waals surface area contributed by atoms with E-state index >= 15 is 0 Å². The van der Waals surface area contributed by atoms with Crippen LogP contribution in [-0.2, 0) is 15.6 Å². The number of benzene rings is 1. The molecule has 0 saturated carbocycles. The highest BCUT2D eigenvalue weighted by atomic mass is 32.1. The SMILES string of the molecule is CC(C)(C)n1cnnc1-c1ncc(-c2nnc(Nc3ccc(P(C)(C)=O)cc3)n2C(C)(C)C)s1. The molecule has 0 aliphatic rings. The van der Waals surface area contributed by atoms with E-state index in [4.69, 9.17) is 0 Å². The van der Waals surface area contributed by atoms with Gasteiger partial charge in [-0.1, -0.05) is 0 Å². The molecule has 0 fully saturated rings. The second kappa shape index (κ2) is 8.43. The highest BCUT2D eigenvalue weighted by molar-refractivity contribution is 7.70. The van der Waals surface area contributed by atoms with E-state index < -0.39 is 7.14 Å². The zero-order chi connectivity index (χ0) is 24.9. The maximum Gasteiger partial charge on any atom is 0.229 e.